The predicted molar refractivity (Wildman–Crippen MR) is 74.1 cm³/mol. The van der Waals surface area contributed by atoms with E-state index in [1.54, 1.807) is 6.20 Å². The van der Waals surface area contributed by atoms with E-state index in [1.807, 2.05) is 0 Å². The maximum Gasteiger partial charge on any atom is 0.321 e. The van der Waals surface area contributed by atoms with E-state index in [0.29, 0.717) is 6.54 Å². The number of imide groups is 1. The summed E-state index contributed by atoms with van der Waals surface area (Å²) in [5.41, 5.74) is 0.797. The first-order valence-corrected chi connectivity index (χ1v) is 7.39. The Bertz CT molecular complexity index is 520. The molecule has 8 heteroatoms. The van der Waals surface area contributed by atoms with E-state index < -0.39 is 11.9 Å². The van der Waals surface area contributed by atoms with Gasteiger partial charge in [-0.2, -0.15) is 0 Å². The standard InChI is InChI=1S/C13H20N6O2/c20-12(16-13(21)15-10-3-4-10)8-19-7-11(17-18-19)6-14-5-9-1-2-9/h7,9-10,14H,1-6,8H2,(H2,15,16,20,21). The molecular weight excluding hydrogens is 272 g/mol. The molecule has 0 unspecified atom stereocenters. The van der Waals surface area contributed by atoms with Crippen LogP contribution in [-0.2, 0) is 17.9 Å². The second-order valence-electron chi connectivity index (χ2n) is 5.78. The molecule has 0 saturated heterocycles. The van der Waals surface area contributed by atoms with Crippen molar-refractivity contribution in [2.24, 2.45) is 5.92 Å². The molecule has 3 rings (SSSR count). The number of rotatable bonds is 7. The monoisotopic (exact) mass is 292 g/mol. The number of urea groups is 1. The van der Waals surface area contributed by atoms with Crippen LogP contribution in [0.15, 0.2) is 6.20 Å². The molecule has 0 bridgehead atoms. The minimum Gasteiger partial charge on any atom is -0.335 e. The summed E-state index contributed by atoms with van der Waals surface area (Å²) in [7, 11) is 0. The summed E-state index contributed by atoms with van der Waals surface area (Å²) in [4.78, 5) is 23.1. The lowest BCUT2D eigenvalue weighted by Gasteiger charge is -2.04. The van der Waals surface area contributed by atoms with Gasteiger partial charge in [0.1, 0.15) is 6.54 Å². The average Bonchev–Trinajstić information content (AvgIpc) is 3.33. The number of aromatic nitrogens is 3. The number of hydrogen-bond donors (Lipinski definition) is 3. The minimum absolute atomic E-state index is 0.00624. The van der Waals surface area contributed by atoms with Gasteiger partial charge >= 0.3 is 6.03 Å². The molecule has 1 aromatic rings. The second-order valence-corrected chi connectivity index (χ2v) is 5.78. The zero-order valence-electron chi connectivity index (χ0n) is 11.8. The Morgan fingerprint density at radius 2 is 2.10 bits per heavy atom. The summed E-state index contributed by atoms with van der Waals surface area (Å²) < 4.78 is 1.44. The fraction of sp³-hybridized carbons (Fsp3) is 0.692. The van der Waals surface area contributed by atoms with Crippen LogP contribution in [0.2, 0.25) is 0 Å². The highest BCUT2D eigenvalue weighted by molar-refractivity contribution is 5.94. The number of carbonyl (C=O) groups excluding carboxylic acids is 2. The minimum atomic E-state index is -0.436. The molecule has 114 valence electrons. The van der Waals surface area contributed by atoms with Crippen molar-refractivity contribution in [1.82, 2.24) is 30.9 Å². The largest absolute Gasteiger partial charge is 0.335 e. The lowest BCUT2D eigenvalue weighted by Crippen LogP contribution is -2.41. The van der Waals surface area contributed by atoms with Crippen LogP contribution in [0.4, 0.5) is 4.79 Å². The maximum absolute atomic E-state index is 11.7. The fourth-order valence-electron chi connectivity index (χ4n) is 1.99. The highest BCUT2D eigenvalue weighted by Gasteiger charge is 2.24. The third-order valence-corrected chi connectivity index (χ3v) is 3.49. The molecule has 1 aromatic heterocycles. The maximum atomic E-state index is 11.7. The van der Waals surface area contributed by atoms with Crippen LogP contribution >= 0.6 is 0 Å². The Labute approximate surface area is 122 Å². The smallest absolute Gasteiger partial charge is 0.321 e. The van der Waals surface area contributed by atoms with E-state index in [1.165, 1.54) is 17.5 Å². The SMILES string of the molecule is O=C(Cn1cc(CNCC2CC2)nn1)NC(=O)NC1CC1. The highest BCUT2D eigenvalue weighted by Crippen LogP contribution is 2.27. The molecule has 2 aliphatic rings. The Morgan fingerprint density at radius 1 is 1.29 bits per heavy atom. The molecular formula is C13H20N6O2. The molecule has 1 heterocycles. The number of carbonyl (C=O) groups is 2. The van der Waals surface area contributed by atoms with E-state index in [-0.39, 0.29) is 12.6 Å². The third kappa shape index (κ3) is 4.82. The van der Waals surface area contributed by atoms with E-state index in [0.717, 1.165) is 31.0 Å². The molecule has 0 atom stereocenters. The van der Waals surface area contributed by atoms with E-state index in [2.05, 4.69) is 26.3 Å². The lowest BCUT2D eigenvalue weighted by molar-refractivity contribution is -0.120. The van der Waals surface area contributed by atoms with E-state index >= 15 is 0 Å². The molecule has 0 radical (unpaired) electrons. The van der Waals surface area contributed by atoms with Crippen molar-refractivity contribution in [1.29, 1.82) is 0 Å². The molecule has 8 nitrogen and oxygen atoms in total. The van der Waals surface area contributed by atoms with Crippen molar-refractivity contribution in [3.63, 3.8) is 0 Å². The Morgan fingerprint density at radius 3 is 2.81 bits per heavy atom. The van der Waals surface area contributed by atoms with Gasteiger partial charge in [-0.05, 0) is 38.1 Å². The Kier molecular flexibility index (Phi) is 4.14. The van der Waals surface area contributed by atoms with Gasteiger partial charge in [0.2, 0.25) is 5.91 Å². The van der Waals surface area contributed by atoms with Crippen molar-refractivity contribution in [2.45, 2.75) is 44.8 Å². The summed E-state index contributed by atoms with van der Waals surface area (Å²) in [6.45, 7) is 1.66. The molecule has 3 N–H and O–H groups in total. The summed E-state index contributed by atoms with van der Waals surface area (Å²) in [5, 5.41) is 16.2. The first-order chi connectivity index (χ1) is 10.2. The number of amides is 3. The zero-order valence-corrected chi connectivity index (χ0v) is 11.8. The van der Waals surface area contributed by atoms with Crippen LogP contribution in [-0.4, -0.2) is 39.5 Å². The van der Waals surface area contributed by atoms with Crippen LogP contribution in [0.25, 0.3) is 0 Å². The average molecular weight is 292 g/mol. The van der Waals surface area contributed by atoms with Crippen LogP contribution in [0, 0.1) is 5.92 Å². The zero-order chi connectivity index (χ0) is 14.7. The van der Waals surface area contributed by atoms with Crippen LogP contribution in [0.5, 0.6) is 0 Å². The van der Waals surface area contributed by atoms with Gasteiger partial charge in [0.25, 0.3) is 0 Å². The van der Waals surface area contributed by atoms with Crippen molar-refractivity contribution in [3.05, 3.63) is 11.9 Å². The van der Waals surface area contributed by atoms with Crippen LogP contribution in [0.3, 0.4) is 0 Å². The quantitative estimate of drug-likeness (QED) is 0.644. The van der Waals surface area contributed by atoms with Gasteiger partial charge in [0.05, 0.1) is 11.9 Å². The van der Waals surface area contributed by atoms with Crippen LogP contribution < -0.4 is 16.0 Å². The molecule has 21 heavy (non-hydrogen) atoms. The topological polar surface area (TPSA) is 101 Å². The van der Waals surface area contributed by atoms with Gasteiger partial charge in [0.15, 0.2) is 0 Å². The lowest BCUT2D eigenvalue weighted by atomic mass is 10.4. The van der Waals surface area contributed by atoms with Crippen LogP contribution in [0.1, 0.15) is 31.4 Å². The Hall–Kier alpha value is -1.96. The molecule has 3 amide bonds. The molecule has 0 spiro atoms. The molecule has 0 aromatic carbocycles. The van der Waals surface area contributed by atoms with Crippen molar-refractivity contribution >= 4 is 11.9 Å². The number of nitrogens with one attached hydrogen (secondary N) is 3. The first kappa shape index (κ1) is 14.0. The van der Waals surface area contributed by atoms with Crippen molar-refractivity contribution in [3.8, 4) is 0 Å². The fourth-order valence-corrected chi connectivity index (χ4v) is 1.99. The van der Waals surface area contributed by atoms with Gasteiger partial charge in [-0.3, -0.25) is 10.1 Å². The van der Waals surface area contributed by atoms with Gasteiger partial charge in [0, 0.05) is 12.6 Å². The molecule has 2 fully saturated rings. The second kappa shape index (κ2) is 6.21. The number of hydrogen-bond acceptors (Lipinski definition) is 5. The van der Waals surface area contributed by atoms with Crippen molar-refractivity contribution < 1.29 is 9.59 Å². The summed E-state index contributed by atoms with van der Waals surface area (Å²) >= 11 is 0. The van der Waals surface area contributed by atoms with E-state index in [9.17, 15) is 9.59 Å². The molecule has 0 aliphatic heterocycles. The van der Waals surface area contributed by atoms with Gasteiger partial charge in [-0.15, -0.1) is 5.10 Å². The first-order valence-electron chi connectivity index (χ1n) is 7.39. The van der Waals surface area contributed by atoms with Gasteiger partial charge in [-0.1, -0.05) is 5.21 Å². The van der Waals surface area contributed by atoms with E-state index in [4.69, 9.17) is 0 Å². The van der Waals surface area contributed by atoms with Gasteiger partial charge in [-0.25, -0.2) is 9.48 Å². The third-order valence-electron chi connectivity index (χ3n) is 3.49. The summed E-state index contributed by atoms with van der Waals surface area (Å²) in [6, 6.07) is -0.206. The Balaban J connectivity index is 1.37. The summed E-state index contributed by atoms with van der Waals surface area (Å²) in [6.07, 6.45) is 6.31. The normalized spacial score (nSPS) is 17.5. The molecule has 2 aliphatic carbocycles. The number of nitrogens with zero attached hydrogens (tertiary/aromatic N) is 3. The predicted octanol–water partition coefficient (Wildman–Crippen LogP) is -0.234. The van der Waals surface area contributed by atoms with Crippen molar-refractivity contribution in [2.75, 3.05) is 6.54 Å². The molecule has 2 saturated carbocycles. The summed E-state index contributed by atoms with van der Waals surface area (Å²) in [5.74, 6) is 0.423. The van der Waals surface area contributed by atoms with Gasteiger partial charge < -0.3 is 10.6 Å². The highest BCUT2D eigenvalue weighted by atomic mass is 16.2.